The van der Waals surface area contributed by atoms with Gasteiger partial charge >= 0.3 is 5.97 Å². The molecule has 0 spiro atoms. The molecule has 2 aliphatic heterocycles. The number of carboxylic acid groups (broad SMARTS) is 1. The maximum absolute atomic E-state index is 12.6. The van der Waals surface area contributed by atoms with E-state index in [0.717, 1.165) is 11.3 Å². The van der Waals surface area contributed by atoms with Crippen LogP contribution in [0.5, 0.6) is 5.75 Å². The zero-order valence-corrected chi connectivity index (χ0v) is 15.4. The molecular formula is C20H18N4O5. The van der Waals surface area contributed by atoms with Crippen molar-refractivity contribution in [3.05, 3.63) is 54.1 Å². The van der Waals surface area contributed by atoms with Crippen molar-refractivity contribution < 1.29 is 24.2 Å². The smallest absolute Gasteiger partial charge is 0.323 e. The Morgan fingerprint density at radius 3 is 2.72 bits per heavy atom. The molecule has 0 bridgehead atoms. The van der Waals surface area contributed by atoms with Gasteiger partial charge in [-0.1, -0.05) is 18.2 Å². The lowest BCUT2D eigenvalue weighted by Gasteiger charge is -2.23. The second kappa shape index (κ2) is 7.63. The van der Waals surface area contributed by atoms with E-state index in [1.165, 1.54) is 4.90 Å². The lowest BCUT2D eigenvalue weighted by atomic mass is 10.1. The number of aliphatic imine (C=N–C) groups is 1. The first-order valence-corrected chi connectivity index (χ1v) is 8.96. The van der Waals surface area contributed by atoms with Crippen molar-refractivity contribution in [2.24, 2.45) is 4.99 Å². The van der Waals surface area contributed by atoms with E-state index in [-0.39, 0.29) is 19.1 Å². The summed E-state index contributed by atoms with van der Waals surface area (Å²) < 4.78 is 5.62. The molecule has 2 heterocycles. The highest BCUT2D eigenvalue weighted by molar-refractivity contribution is 6.05. The third-order valence-electron chi connectivity index (χ3n) is 4.55. The van der Waals surface area contributed by atoms with Crippen LogP contribution in [0, 0.1) is 0 Å². The van der Waals surface area contributed by atoms with Crippen LogP contribution in [0.15, 0.2) is 53.5 Å². The Morgan fingerprint density at radius 1 is 1.17 bits per heavy atom. The zero-order valence-electron chi connectivity index (χ0n) is 15.4. The quantitative estimate of drug-likeness (QED) is 0.759. The van der Waals surface area contributed by atoms with Crippen LogP contribution in [0.1, 0.15) is 5.56 Å². The minimum absolute atomic E-state index is 0.0990. The number of guanidine groups is 1. The summed E-state index contributed by atoms with van der Waals surface area (Å²) in [5.74, 6) is -0.668. The average molecular weight is 394 g/mol. The number of fused-ring (bicyclic) bond motifs is 2. The van der Waals surface area contributed by atoms with Gasteiger partial charge in [-0.25, -0.2) is 4.99 Å². The van der Waals surface area contributed by atoms with Crippen molar-refractivity contribution in [2.45, 2.75) is 6.54 Å². The lowest BCUT2D eigenvalue weighted by Crippen LogP contribution is -2.38. The summed E-state index contributed by atoms with van der Waals surface area (Å²) in [7, 11) is 0. The molecule has 29 heavy (non-hydrogen) atoms. The number of carbonyl (C=O) groups is 3. The number of ether oxygens (including phenoxy) is 1. The van der Waals surface area contributed by atoms with Crippen molar-refractivity contribution in [3.8, 4) is 5.75 Å². The second-order valence-electron chi connectivity index (χ2n) is 6.63. The summed E-state index contributed by atoms with van der Waals surface area (Å²) >= 11 is 0. The van der Waals surface area contributed by atoms with Crippen molar-refractivity contribution in [2.75, 3.05) is 24.6 Å². The largest absolute Gasteiger partial charge is 0.484 e. The van der Waals surface area contributed by atoms with E-state index in [1.807, 2.05) is 4.90 Å². The molecule has 1 fully saturated rings. The topological polar surface area (TPSA) is 112 Å². The molecule has 9 nitrogen and oxygen atoms in total. The summed E-state index contributed by atoms with van der Waals surface area (Å²) in [4.78, 5) is 42.7. The molecule has 0 aromatic heterocycles. The van der Waals surface area contributed by atoms with E-state index >= 15 is 0 Å². The Hall–Kier alpha value is -3.88. The van der Waals surface area contributed by atoms with Gasteiger partial charge in [-0.05, 0) is 30.3 Å². The van der Waals surface area contributed by atoms with Gasteiger partial charge in [0.15, 0.2) is 6.61 Å². The number of nitrogens with zero attached hydrogens (tertiary/aromatic N) is 3. The molecule has 9 heteroatoms. The Labute approximate surface area is 166 Å². The van der Waals surface area contributed by atoms with Gasteiger partial charge in [0.25, 0.3) is 5.91 Å². The normalized spacial score (nSPS) is 14.4. The number of para-hydroxylation sites is 1. The van der Waals surface area contributed by atoms with Gasteiger partial charge in [-0.2, -0.15) is 0 Å². The number of hydrogen-bond acceptors (Lipinski definition) is 6. The van der Waals surface area contributed by atoms with E-state index in [9.17, 15) is 14.4 Å². The summed E-state index contributed by atoms with van der Waals surface area (Å²) in [5.41, 5.74) is 2.09. The molecule has 2 amide bonds. The van der Waals surface area contributed by atoms with E-state index in [1.54, 1.807) is 48.5 Å². The molecule has 0 unspecified atom stereocenters. The summed E-state index contributed by atoms with van der Waals surface area (Å²) in [6.45, 7) is -0.000610. The Kier molecular flexibility index (Phi) is 4.86. The standard InChI is InChI=1S/C20H18N4O5/c25-17-10-23-9-13-8-15(6-7-16(13)21-20(23)22-17)29-12-18(26)24(11-19(27)28)14-4-2-1-3-5-14/h1-8H,9-12H2,(H,27,28)(H,21,22,25). The highest BCUT2D eigenvalue weighted by atomic mass is 16.5. The number of rotatable bonds is 6. The number of hydrogen-bond donors (Lipinski definition) is 2. The Bertz CT molecular complexity index is 1010. The maximum Gasteiger partial charge on any atom is 0.323 e. The second-order valence-corrected chi connectivity index (χ2v) is 6.63. The molecular weight excluding hydrogens is 376 g/mol. The predicted molar refractivity (Wildman–Crippen MR) is 104 cm³/mol. The molecule has 2 aromatic rings. The molecule has 1 saturated heterocycles. The molecule has 0 radical (unpaired) electrons. The van der Waals surface area contributed by atoms with Crippen LogP contribution in [0.3, 0.4) is 0 Å². The van der Waals surface area contributed by atoms with E-state index < -0.39 is 18.4 Å². The van der Waals surface area contributed by atoms with E-state index in [4.69, 9.17) is 9.84 Å². The molecule has 0 aliphatic carbocycles. The monoisotopic (exact) mass is 394 g/mol. The molecule has 0 saturated carbocycles. The fourth-order valence-electron chi connectivity index (χ4n) is 3.22. The van der Waals surface area contributed by atoms with Crippen molar-refractivity contribution in [1.82, 2.24) is 10.2 Å². The number of carboxylic acids is 1. The fourth-order valence-corrected chi connectivity index (χ4v) is 3.22. The Morgan fingerprint density at radius 2 is 1.97 bits per heavy atom. The van der Waals surface area contributed by atoms with Crippen LogP contribution >= 0.6 is 0 Å². The summed E-state index contributed by atoms with van der Waals surface area (Å²) in [6.07, 6.45) is 0. The highest BCUT2D eigenvalue weighted by Gasteiger charge is 2.29. The van der Waals surface area contributed by atoms with Crippen LogP contribution in [-0.2, 0) is 20.9 Å². The highest BCUT2D eigenvalue weighted by Crippen LogP contribution is 2.30. The first kappa shape index (κ1) is 18.5. The van der Waals surface area contributed by atoms with Crippen LogP contribution in [0.2, 0.25) is 0 Å². The lowest BCUT2D eigenvalue weighted by molar-refractivity contribution is -0.136. The van der Waals surface area contributed by atoms with Gasteiger partial charge in [-0.3, -0.25) is 24.6 Å². The first-order valence-electron chi connectivity index (χ1n) is 8.96. The van der Waals surface area contributed by atoms with Crippen LogP contribution in [-0.4, -0.2) is 53.4 Å². The van der Waals surface area contributed by atoms with Gasteiger partial charge in [0.05, 0.1) is 5.69 Å². The SMILES string of the molecule is O=C(O)CN(C(=O)COc1ccc2c(c1)CN1CC(=O)NC1=N2)c1ccccc1. The third-order valence-corrected chi connectivity index (χ3v) is 4.55. The van der Waals surface area contributed by atoms with Crippen LogP contribution < -0.4 is 15.0 Å². The van der Waals surface area contributed by atoms with Crippen molar-refractivity contribution in [1.29, 1.82) is 0 Å². The van der Waals surface area contributed by atoms with Crippen molar-refractivity contribution in [3.63, 3.8) is 0 Å². The van der Waals surface area contributed by atoms with Gasteiger partial charge in [0, 0.05) is 17.8 Å². The van der Waals surface area contributed by atoms with Gasteiger partial charge < -0.3 is 14.7 Å². The minimum atomic E-state index is -1.11. The number of benzene rings is 2. The van der Waals surface area contributed by atoms with Gasteiger partial charge in [0.2, 0.25) is 11.9 Å². The summed E-state index contributed by atoms with van der Waals surface area (Å²) in [6, 6.07) is 13.8. The molecule has 2 aromatic carbocycles. The van der Waals surface area contributed by atoms with Gasteiger partial charge in [-0.15, -0.1) is 0 Å². The molecule has 148 valence electrons. The van der Waals surface area contributed by atoms with Crippen LogP contribution in [0.25, 0.3) is 0 Å². The van der Waals surface area contributed by atoms with Crippen molar-refractivity contribution >= 4 is 35.1 Å². The number of anilines is 1. The summed E-state index contributed by atoms with van der Waals surface area (Å²) in [5, 5.41) is 11.8. The Balaban J connectivity index is 1.45. The molecule has 4 rings (SSSR count). The van der Waals surface area contributed by atoms with E-state index in [0.29, 0.717) is 23.9 Å². The number of amides is 2. The molecule has 2 aliphatic rings. The van der Waals surface area contributed by atoms with E-state index in [2.05, 4.69) is 10.3 Å². The average Bonchev–Trinajstić information content (AvgIpc) is 3.07. The first-order chi connectivity index (χ1) is 14.0. The maximum atomic E-state index is 12.6. The molecule has 0 atom stereocenters. The number of carbonyl (C=O) groups excluding carboxylic acids is 2. The fraction of sp³-hybridized carbons (Fsp3) is 0.200. The minimum Gasteiger partial charge on any atom is -0.484 e. The van der Waals surface area contributed by atoms with Gasteiger partial charge in [0.1, 0.15) is 18.8 Å². The predicted octanol–water partition coefficient (Wildman–Crippen LogP) is 1.12. The molecule has 2 N–H and O–H groups in total. The number of aliphatic carboxylic acids is 1. The number of nitrogens with one attached hydrogen (secondary N) is 1. The zero-order chi connectivity index (χ0) is 20.4. The third kappa shape index (κ3) is 4.03. The van der Waals surface area contributed by atoms with Crippen LogP contribution in [0.4, 0.5) is 11.4 Å².